The van der Waals surface area contributed by atoms with Gasteiger partial charge in [0.05, 0.1) is 19.3 Å². The van der Waals surface area contributed by atoms with Crippen molar-refractivity contribution in [3.8, 4) is 5.75 Å². The lowest BCUT2D eigenvalue weighted by Crippen LogP contribution is -2.62. The van der Waals surface area contributed by atoms with Gasteiger partial charge in [0.15, 0.2) is 12.2 Å². The summed E-state index contributed by atoms with van der Waals surface area (Å²) in [5.74, 6) is -10.00. The molecule has 0 radical (unpaired) electrons. The number of nitrogens with one attached hydrogen (secondary N) is 11. The second kappa shape index (κ2) is 39.7. The molecule has 0 aliphatic carbocycles. The smallest absolute Gasteiger partial charge is 0.330 e. The highest BCUT2D eigenvalue weighted by molar-refractivity contribution is 6.30. The number of fused-ring (bicyclic) bond motifs is 2. The largest absolute Gasteiger partial charge is 0.508 e. The number of aliphatic hydroxyl groups is 4. The van der Waals surface area contributed by atoms with Gasteiger partial charge in [-0.05, 0) is 108 Å². The number of carbonyl (C=O) groups is 11. The number of aliphatic imine (C=N–C) groups is 1. The maximum absolute atomic E-state index is 15.1. The first-order valence-electron chi connectivity index (χ1n) is 35.5. The molecule has 34 nitrogen and oxygen atoms in total. The van der Waals surface area contributed by atoms with Crippen LogP contribution >= 0.6 is 11.6 Å². The number of aliphatic hydroxyl groups excluding tert-OH is 4. The number of aromatic hydroxyl groups is 1. The quantitative estimate of drug-likeness (QED) is 0.00929. The van der Waals surface area contributed by atoms with Crippen LogP contribution in [-0.2, 0) is 83.1 Å². The van der Waals surface area contributed by atoms with Crippen LogP contribution in [0.25, 0.3) is 21.7 Å². The monoisotopic (exact) mass is 1530 g/mol. The number of hydrogen-bond donors (Lipinski definition) is 19. The van der Waals surface area contributed by atoms with E-state index in [9.17, 15) is 59.1 Å². The van der Waals surface area contributed by atoms with Crippen LogP contribution in [0.15, 0.2) is 126 Å². The highest BCUT2D eigenvalue weighted by atomic mass is 35.5. The summed E-state index contributed by atoms with van der Waals surface area (Å²) < 4.78 is 11.5. The third kappa shape index (κ3) is 24.2. The fraction of sp³-hybridized carbons (Fsp3) is 0.432. The minimum atomic E-state index is -1.94. The number of para-hydroxylation sites is 1. The predicted octanol–water partition coefficient (Wildman–Crippen LogP) is -1.52. The van der Waals surface area contributed by atoms with Crippen molar-refractivity contribution in [2.75, 3.05) is 26.3 Å². The second-order valence-corrected chi connectivity index (χ2v) is 27.7. The number of nitrogens with zero attached hydrogens (tertiary/aromatic N) is 2. The number of urea groups is 1. The van der Waals surface area contributed by atoms with Gasteiger partial charge in [-0.15, -0.1) is 0 Å². The third-order valence-electron chi connectivity index (χ3n) is 18.4. The first kappa shape index (κ1) is 83.6. The normalized spacial score (nSPS) is 19.1. The number of ether oxygens (including phenoxy) is 2. The fourth-order valence-corrected chi connectivity index (χ4v) is 12.9. The van der Waals surface area contributed by atoms with Crippen LogP contribution in [0.5, 0.6) is 5.75 Å². The number of benzene rings is 5. The molecule has 3 heterocycles. The van der Waals surface area contributed by atoms with E-state index in [2.05, 4.69) is 57.9 Å². The number of likely N-dealkylation sites (tertiary alicyclic amines) is 1. The summed E-state index contributed by atoms with van der Waals surface area (Å²) in [6, 6.07) is 17.0. The molecule has 2 saturated heterocycles. The third-order valence-corrected chi connectivity index (χ3v) is 18.7. The Morgan fingerprint density at radius 2 is 1.14 bits per heavy atom. The Labute approximate surface area is 632 Å². The molecule has 0 saturated carbocycles. The van der Waals surface area contributed by atoms with Gasteiger partial charge in [0.2, 0.25) is 53.2 Å². The van der Waals surface area contributed by atoms with Gasteiger partial charge in [-0.1, -0.05) is 110 Å². The minimum Gasteiger partial charge on any atom is -0.508 e. The molecule has 12 amide bonds. The molecule has 8 rings (SSSR count). The Kier molecular flexibility index (Phi) is 30.5. The number of hydrogen-bond acceptors (Lipinski definition) is 19. The average Bonchev–Trinajstić information content (AvgIpc) is 1.60. The Hall–Kier alpha value is -11.0. The zero-order valence-electron chi connectivity index (χ0n) is 60.4. The van der Waals surface area contributed by atoms with Crippen LogP contribution in [0.1, 0.15) is 82.1 Å². The van der Waals surface area contributed by atoms with E-state index in [1.807, 2.05) is 47.9 Å². The average molecular weight is 1530 g/mol. The van der Waals surface area contributed by atoms with Gasteiger partial charge in [-0.25, -0.2) is 10.2 Å². The standard InChI is InChI=1S/C74H95ClN16O18/c1-38(2)29-52(63(98)82-51(15-9-27-79-73(76)77)71(106)91-28-10-16-59(91)70(105)89-90-74(78)107)83-69(104)58(37-108-72-62(97)61(96)60(95)39(3)109-72)88-66(101)55(32-42-20-25-48(94)26-21-42)85-68(103)57(36-92)87-67(102)56(34-46-35-80-50-14-8-7-13-49(46)50)86-65(100)54(31-41-18-23-47(75)24-19-41)84-64(99)53(81-40(4)93)33-43-17-22-44-11-5-6-12-45(44)30-43/h5-8,11-14,17-26,30,35,38-39,51-62,72,80,92,94-97H,9-10,15-16,27-29,31-34,36-37H2,1-4H3,(H,81,93)(H,82,98)(H,83,104)(H,84,99)(H,85,103)(H,86,100)(H,87,102)(H,88,101)(H,89,105)(H4,76,77,79)(H3,78,90,107)/t39-,51+,52+,53-,54-,55+,56-,57+,58-,59+,60-,61+,62+,72+/m1/s1. The highest BCUT2D eigenvalue weighted by Gasteiger charge is 2.44. The first-order chi connectivity index (χ1) is 51.9. The van der Waals surface area contributed by atoms with Gasteiger partial charge in [0.25, 0.3) is 5.91 Å². The van der Waals surface area contributed by atoms with Gasteiger partial charge >= 0.3 is 6.03 Å². The number of phenols is 1. The maximum atomic E-state index is 15.1. The van der Waals surface area contributed by atoms with Crippen molar-refractivity contribution >= 4 is 104 Å². The molecule has 1 aromatic heterocycles. The van der Waals surface area contributed by atoms with Crippen molar-refractivity contribution in [1.29, 1.82) is 0 Å². The number of carbonyl (C=O) groups excluding carboxylic acids is 11. The summed E-state index contributed by atoms with van der Waals surface area (Å²) in [7, 11) is 0. The SMILES string of the molecule is CC(=O)N[C@H](Cc1ccc2ccccc2c1)C(=O)N[C@H](Cc1ccc(Cl)cc1)C(=O)N[C@H](Cc1c[nH]c2ccccc12)C(=O)N[C@@H](CO)C(=O)N[C@@H](Cc1ccc(O)cc1)C(=O)N[C@H](CO[C@H]1O[C@H](C)[C@@H](O)[C@H](O)[C@@H]1O)C(=O)N[C@@H](CC(C)C)C(=O)N[C@@H](CCCN=C(N)N)C(=O)N1CCC[C@H]1C(=O)NNC(N)=O. The maximum Gasteiger partial charge on any atom is 0.330 e. The molecular weight excluding hydrogens is 1440 g/mol. The molecule has 109 heavy (non-hydrogen) atoms. The summed E-state index contributed by atoms with van der Waals surface area (Å²) in [5, 5.41) is 77.6. The minimum absolute atomic E-state index is 0.00274. The number of guanidine groups is 1. The number of hydrazine groups is 1. The molecular formula is C74H95ClN16O18. The Balaban J connectivity index is 1.07. The van der Waals surface area contributed by atoms with E-state index in [1.54, 1.807) is 68.6 Å². The summed E-state index contributed by atoms with van der Waals surface area (Å²) in [6.07, 6.45) is -7.15. The molecule has 2 aliphatic heterocycles. The molecule has 0 spiro atoms. The van der Waals surface area contributed by atoms with E-state index < -0.39 is 170 Å². The zero-order valence-corrected chi connectivity index (χ0v) is 61.2. The Morgan fingerprint density at radius 1 is 0.615 bits per heavy atom. The number of halogens is 1. The summed E-state index contributed by atoms with van der Waals surface area (Å²) in [6.45, 7) is 4.02. The van der Waals surface area contributed by atoms with E-state index in [0.717, 1.165) is 10.8 Å². The van der Waals surface area contributed by atoms with Gasteiger partial charge in [-0.3, -0.25) is 58.4 Å². The van der Waals surface area contributed by atoms with Gasteiger partial charge in [-0.2, -0.15) is 0 Å². The van der Waals surface area contributed by atoms with Crippen LogP contribution in [0, 0.1) is 5.92 Å². The number of amides is 12. The lowest BCUT2D eigenvalue weighted by atomic mass is 9.99. The van der Waals surface area contributed by atoms with Crippen molar-refractivity contribution in [3.63, 3.8) is 0 Å². The molecule has 6 aromatic rings. The molecule has 2 aliphatic rings. The van der Waals surface area contributed by atoms with Gasteiger partial charge in [0.1, 0.15) is 78.4 Å². The second-order valence-electron chi connectivity index (χ2n) is 27.3. The topological polar surface area (TPSA) is 537 Å². The summed E-state index contributed by atoms with van der Waals surface area (Å²) >= 11 is 6.26. The number of rotatable bonds is 35. The van der Waals surface area contributed by atoms with Gasteiger partial charge in [0, 0.05) is 67.8 Å². The van der Waals surface area contributed by atoms with Crippen molar-refractivity contribution in [3.05, 3.63) is 149 Å². The number of H-pyrrole nitrogens is 1. The lowest BCUT2D eigenvalue weighted by molar-refractivity contribution is -0.293. The van der Waals surface area contributed by atoms with Crippen molar-refractivity contribution in [2.45, 2.75) is 171 Å². The van der Waals surface area contributed by atoms with E-state index in [0.29, 0.717) is 44.6 Å². The number of aromatic nitrogens is 1. The number of aromatic amines is 1. The van der Waals surface area contributed by atoms with E-state index >= 15 is 19.2 Å². The van der Waals surface area contributed by atoms with Crippen LogP contribution in [0.2, 0.25) is 5.02 Å². The number of nitrogens with two attached hydrogens (primary N) is 3. The van der Waals surface area contributed by atoms with E-state index in [4.69, 9.17) is 38.3 Å². The van der Waals surface area contributed by atoms with E-state index in [-0.39, 0.29) is 75.7 Å². The Morgan fingerprint density at radius 3 is 1.75 bits per heavy atom. The van der Waals surface area contributed by atoms with Crippen molar-refractivity contribution in [2.24, 2.45) is 28.1 Å². The number of phenolic OH excluding ortho intramolecular Hbond substituents is 1. The van der Waals surface area contributed by atoms with E-state index in [1.165, 1.54) is 43.0 Å². The predicted molar refractivity (Wildman–Crippen MR) is 398 cm³/mol. The molecule has 2 fully saturated rings. The fourth-order valence-electron chi connectivity index (χ4n) is 12.7. The first-order valence-corrected chi connectivity index (χ1v) is 35.9. The van der Waals surface area contributed by atoms with Crippen LogP contribution in [0.3, 0.4) is 0 Å². The Bertz CT molecular complexity index is 4220. The molecule has 0 bridgehead atoms. The van der Waals surface area contributed by atoms with Crippen molar-refractivity contribution < 1.29 is 87.7 Å². The molecule has 22 N–H and O–H groups in total. The molecule has 5 aromatic carbocycles. The van der Waals surface area contributed by atoms with Gasteiger partial charge < -0.3 is 105 Å². The summed E-state index contributed by atoms with van der Waals surface area (Å²) in [4.78, 5) is 164. The van der Waals surface area contributed by atoms with Crippen LogP contribution in [0.4, 0.5) is 4.79 Å². The number of primary amides is 1. The van der Waals surface area contributed by atoms with Crippen molar-refractivity contribution in [1.82, 2.24) is 63.3 Å². The lowest BCUT2D eigenvalue weighted by Gasteiger charge is -2.39. The molecule has 14 atom stereocenters. The zero-order chi connectivity index (χ0) is 79.2. The highest BCUT2D eigenvalue weighted by Crippen LogP contribution is 2.26. The molecule has 35 heteroatoms. The molecule has 586 valence electrons. The summed E-state index contributed by atoms with van der Waals surface area (Å²) in [5.41, 5.74) is 23.1. The molecule has 0 unspecified atom stereocenters. The van der Waals surface area contributed by atoms with Crippen LogP contribution < -0.4 is 70.6 Å². The van der Waals surface area contributed by atoms with Crippen LogP contribution in [-0.4, -0.2) is 218 Å².